The van der Waals surface area contributed by atoms with Gasteiger partial charge in [-0.25, -0.2) is 0 Å². The van der Waals surface area contributed by atoms with Crippen LogP contribution in [0.15, 0.2) is 176 Å². The third-order valence-electron chi connectivity index (χ3n) is 22.4. The van der Waals surface area contributed by atoms with Crippen molar-refractivity contribution in [3.63, 3.8) is 0 Å². The van der Waals surface area contributed by atoms with E-state index >= 15 is 0 Å². The summed E-state index contributed by atoms with van der Waals surface area (Å²) in [5, 5.41) is 12.3. The van der Waals surface area contributed by atoms with Gasteiger partial charge in [0.2, 0.25) is 17.1 Å². The van der Waals surface area contributed by atoms with Gasteiger partial charge in [-0.15, -0.1) is 0 Å². The molecule has 9 aromatic carbocycles. The third-order valence-corrected chi connectivity index (χ3v) is 22.4. The predicted octanol–water partition coefficient (Wildman–Crippen LogP) is 22.5. The number of rotatable bonds is 6. The molecule has 0 bridgehead atoms. The Morgan fingerprint density at radius 1 is 0.337 bits per heavy atom. The first-order valence-electron chi connectivity index (χ1n) is 42.8. The summed E-state index contributed by atoms with van der Waals surface area (Å²) < 4.78 is 137. The van der Waals surface area contributed by atoms with Crippen LogP contribution >= 0.6 is 0 Å². The third kappa shape index (κ3) is 10.6. The summed E-state index contributed by atoms with van der Waals surface area (Å²) in [4.78, 5) is 0. The van der Waals surface area contributed by atoms with Crippen LogP contribution in [0.2, 0.25) is 0 Å². The average Bonchev–Trinajstić information content (AvgIpc) is 1.60. The molecule has 3 saturated carbocycles. The molecule has 6 heteroatoms. The fourth-order valence-electron chi connectivity index (χ4n) is 17.6. The Kier molecular flexibility index (Phi) is 12.4. The van der Waals surface area contributed by atoms with Crippen molar-refractivity contribution in [1.82, 2.24) is 13.7 Å². The van der Waals surface area contributed by atoms with Gasteiger partial charge in [0.25, 0.3) is 0 Å². The van der Waals surface area contributed by atoms with E-state index in [1.54, 1.807) is 36.7 Å². The maximum absolute atomic E-state index is 9.14. The molecule has 0 atom stereocenters. The molecule has 6 heterocycles. The van der Waals surface area contributed by atoms with Crippen molar-refractivity contribution < 1.29 is 34.3 Å². The predicted molar refractivity (Wildman–Crippen MR) is 415 cm³/mol. The number of hydrogen-bond acceptors (Lipinski definition) is 0. The van der Waals surface area contributed by atoms with Crippen LogP contribution in [0.5, 0.6) is 0 Å². The lowest BCUT2D eigenvalue weighted by molar-refractivity contribution is -0.659. The van der Waals surface area contributed by atoms with Crippen molar-refractivity contribution in [1.29, 1.82) is 0 Å². The smallest absolute Gasteiger partial charge is 0.237 e. The van der Waals surface area contributed by atoms with Crippen LogP contribution in [0.3, 0.4) is 0 Å². The van der Waals surface area contributed by atoms with Gasteiger partial charge in [0.1, 0.15) is 37.7 Å². The Bertz CT molecular complexity index is 6400. The summed E-state index contributed by atoms with van der Waals surface area (Å²) in [6.45, 7) is -3.10. The van der Waals surface area contributed by atoms with E-state index in [0.717, 1.165) is 163 Å². The summed E-state index contributed by atoms with van der Waals surface area (Å²) in [5.74, 6) is -1.52. The zero-order valence-corrected chi connectivity index (χ0v) is 58.1. The number of benzene rings is 9. The van der Waals surface area contributed by atoms with Crippen LogP contribution in [0.1, 0.15) is 177 Å². The minimum Gasteiger partial charge on any atom is -0.338 e. The van der Waals surface area contributed by atoms with Gasteiger partial charge in [0.05, 0.1) is 33.2 Å². The Hall–Kier alpha value is -9.39. The van der Waals surface area contributed by atoms with E-state index in [1.807, 2.05) is 81.5 Å². The van der Waals surface area contributed by atoms with Gasteiger partial charge >= 0.3 is 0 Å². The molecule has 492 valence electrons. The molecule has 15 aromatic rings. The van der Waals surface area contributed by atoms with Crippen LogP contribution < -0.4 is 13.7 Å². The van der Waals surface area contributed by atoms with E-state index in [1.165, 1.54) is 74.2 Å². The van der Waals surface area contributed by atoms with E-state index in [2.05, 4.69) is 149 Å². The maximum atomic E-state index is 9.14. The number of aromatic nitrogens is 6. The molecule has 6 nitrogen and oxygen atoms in total. The molecule has 0 radical (unpaired) electrons. The molecule has 0 N–H and O–H groups in total. The SMILES string of the molecule is [2H]C([2H])([2H])c1ccc(-c2c3c(c(C([2H])([2H])[2H])c[n+]2C)c2ccc4cc(C5([2H])CCCC5)ccc4c2n3C)c(C)c1.[2H]C([2H])([2H])c1ccc(-c2c3c(c(C([2H])([2H])[2H])c[n+]2C)c2ccc4cc(C5([2H])CCCCC5)ccc4c2n3C)c(C)c1.[2H]C1(c2ccc3c(ccc4c5cc[n+](C)c(-c6ccccc6C)c5n(C)c34)c2)CCCC1. The van der Waals surface area contributed by atoms with E-state index in [4.69, 9.17) is 20.6 Å². The van der Waals surface area contributed by atoms with Crippen molar-refractivity contribution in [3.8, 4) is 33.8 Å². The van der Waals surface area contributed by atoms with Crippen molar-refractivity contribution in [3.05, 3.63) is 232 Å². The Balaban J connectivity index is 0.000000129. The highest BCUT2D eigenvalue weighted by Gasteiger charge is 2.30. The van der Waals surface area contributed by atoms with Crippen LogP contribution in [0.4, 0.5) is 0 Å². The van der Waals surface area contributed by atoms with Crippen molar-refractivity contribution in [2.24, 2.45) is 42.3 Å². The molecule has 18 rings (SSSR count). The molecule has 3 aliphatic rings. The largest absolute Gasteiger partial charge is 0.338 e. The molecule has 0 unspecified atom stereocenters. The van der Waals surface area contributed by atoms with Crippen LogP contribution in [-0.4, -0.2) is 13.7 Å². The molecule has 0 saturated heterocycles. The van der Waals surface area contributed by atoms with Gasteiger partial charge < -0.3 is 13.7 Å². The Morgan fingerprint density at radius 3 is 1.14 bits per heavy atom. The fourth-order valence-corrected chi connectivity index (χ4v) is 17.6. The zero-order valence-electron chi connectivity index (χ0n) is 73.1. The molecule has 0 aliphatic heterocycles. The first-order chi connectivity index (χ1) is 53.4. The molecule has 98 heavy (non-hydrogen) atoms. The topological polar surface area (TPSA) is 26.4 Å². The fraction of sp³-hybridized carbons (Fsp3) is 0.315. The molecule has 6 aromatic heterocycles. The molecule has 3 aliphatic carbocycles. The molecule has 0 amide bonds. The Labute approximate surface area is 600 Å². The van der Waals surface area contributed by atoms with Gasteiger partial charge in [0, 0.05) is 107 Å². The van der Waals surface area contributed by atoms with Gasteiger partial charge in [-0.2, -0.15) is 13.7 Å². The van der Waals surface area contributed by atoms with E-state index in [9.17, 15) is 0 Å². The second kappa shape index (κ2) is 25.2. The minimum absolute atomic E-state index is 0.278. The summed E-state index contributed by atoms with van der Waals surface area (Å²) in [6, 6.07) is 53.2. The van der Waals surface area contributed by atoms with Crippen LogP contribution in [0, 0.1) is 48.2 Å². The summed E-state index contributed by atoms with van der Waals surface area (Å²) >= 11 is 0. The first kappa shape index (κ1) is 48.3. The highest BCUT2D eigenvalue weighted by molar-refractivity contribution is 6.22. The van der Waals surface area contributed by atoms with Crippen molar-refractivity contribution in [2.75, 3.05) is 0 Å². The van der Waals surface area contributed by atoms with Crippen LogP contribution in [0.25, 0.3) is 132 Å². The number of aryl methyl sites for hydroxylation is 13. The zero-order chi connectivity index (χ0) is 80.3. The summed E-state index contributed by atoms with van der Waals surface area (Å²) in [7, 11) is 12.0. The quantitative estimate of drug-likeness (QED) is 0.148. The van der Waals surface area contributed by atoms with Gasteiger partial charge in [0.15, 0.2) is 18.6 Å². The van der Waals surface area contributed by atoms with Gasteiger partial charge in [-0.05, 0) is 172 Å². The normalized spacial score (nSPS) is 18.7. The molecular formula is C92H97N6+3. The molecule has 0 spiro atoms. The van der Waals surface area contributed by atoms with Gasteiger partial charge in [-0.3, -0.25) is 0 Å². The van der Waals surface area contributed by atoms with Crippen molar-refractivity contribution >= 4 is 97.7 Å². The lowest BCUT2D eigenvalue weighted by atomic mass is 9.83. The summed E-state index contributed by atoms with van der Waals surface area (Å²) in [5.41, 5.74) is 19.2. The van der Waals surface area contributed by atoms with E-state index < -0.39 is 45.1 Å². The lowest BCUT2D eigenvalue weighted by Crippen LogP contribution is -2.32. The van der Waals surface area contributed by atoms with Gasteiger partial charge in [-0.1, -0.05) is 190 Å². The average molecular weight is 1300 g/mol. The number of hydrogen-bond donors (Lipinski definition) is 0. The lowest BCUT2D eigenvalue weighted by Gasteiger charge is -2.22. The standard InChI is InChI=1S/C32H35N2.C31H33N2.C29H29N2/c1-20-11-14-26(21(2)17-20)31-32-29(22(3)19-33(31)4)28-16-13-25-18-24(23-9-7-6-8-10-23)12-15-27(25)30(28)34(32)5;1-19-10-13-25(20(2)16-19)30-31-28(21(3)18-32(30)4)27-15-12-24-17-23(22-8-6-7-9-22)11-14-26(24)29(27)33(31)5;1-19-8-4-7-11-23(19)28-29-26(16-17-30(28)2)25-15-13-22-18-21(20-9-5-6-10-20)12-14-24(22)27(25)31(29)3/h11-19,23H,6-10H2,1-5H3;10-18,22H,6-9H2,1-5H3;4,7-8,11-18,20H,5-6,9-10H2,1-3H3/q3*+1/i1D3,3D3,23D;1D3,3D3,22D;20D. The molecular weight excluding hydrogens is 1190 g/mol. The second-order valence-electron chi connectivity index (χ2n) is 28.5. The number of fused-ring (bicyclic) bond motifs is 15. The first-order valence-corrected chi connectivity index (χ1v) is 35.3. The van der Waals surface area contributed by atoms with E-state index in [-0.39, 0.29) is 22.3 Å². The maximum Gasteiger partial charge on any atom is 0.237 e. The highest BCUT2D eigenvalue weighted by Crippen LogP contribution is 2.45. The molecule has 3 fully saturated rings. The number of nitrogens with zero attached hydrogens (tertiary/aromatic N) is 6. The second-order valence-corrected chi connectivity index (χ2v) is 28.5. The highest BCUT2D eigenvalue weighted by atomic mass is 15.0. The van der Waals surface area contributed by atoms with Crippen molar-refractivity contribution in [2.45, 2.75) is 149 Å². The number of pyridine rings is 3. The van der Waals surface area contributed by atoms with E-state index in [0.29, 0.717) is 10.8 Å². The Morgan fingerprint density at radius 2 is 0.714 bits per heavy atom. The monoisotopic (exact) mass is 1300 g/mol. The summed E-state index contributed by atoms with van der Waals surface area (Å²) in [6.07, 6.45) is 18.8. The minimum atomic E-state index is -2.33. The van der Waals surface area contributed by atoms with Crippen LogP contribution in [-0.2, 0) is 42.3 Å².